The van der Waals surface area contributed by atoms with Crippen molar-refractivity contribution in [1.29, 1.82) is 0 Å². The highest BCUT2D eigenvalue weighted by Gasteiger charge is 2.25. The highest BCUT2D eigenvalue weighted by molar-refractivity contribution is 7.99. The molecule has 1 aliphatic rings. The Bertz CT molecular complexity index is 1160. The molecule has 3 heterocycles. The van der Waals surface area contributed by atoms with Crippen LogP contribution >= 0.6 is 23.1 Å². The molecular weight excluding hydrogens is 452 g/mol. The number of rotatable bonds is 8. The predicted molar refractivity (Wildman–Crippen MR) is 121 cm³/mol. The first-order chi connectivity index (χ1) is 15.5. The minimum Gasteiger partial charge on any atom is -0.462 e. The molecule has 0 fully saturated rings. The van der Waals surface area contributed by atoms with E-state index in [0.29, 0.717) is 33.6 Å². The van der Waals surface area contributed by atoms with E-state index < -0.39 is 5.97 Å². The molecule has 0 radical (unpaired) electrons. The second-order valence-electron chi connectivity index (χ2n) is 6.99. The zero-order valence-corrected chi connectivity index (χ0v) is 19.5. The maximum absolute atomic E-state index is 12.8. The van der Waals surface area contributed by atoms with Gasteiger partial charge in [0.1, 0.15) is 11.3 Å². The van der Waals surface area contributed by atoms with E-state index in [-0.39, 0.29) is 25.1 Å². The molecule has 32 heavy (non-hydrogen) atoms. The number of carbonyl (C=O) groups is 2. The van der Waals surface area contributed by atoms with Crippen LogP contribution < -0.4 is 14.8 Å². The molecule has 2 aromatic heterocycles. The van der Waals surface area contributed by atoms with E-state index in [1.807, 2.05) is 32.2 Å². The van der Waals surface area contributed by atoms with Gasteiger partial charge in [-0.25, -0.2) is 4.79 Å². The van der Waals surface area contributed by atoms with Crippen LogP contribution in [-0.4, -0.2) is 45.8 Å². The lowest BCUT2D eigenvalue weighted by atomic mass is 10.0. The fourth-order valence-electron chi connectivity index (χ4n) is 3.25. The third kappa shape index (κ3) is 4.73. The summed E-state index contributed by atoms with van der Waals surface area (Å²) in [4.78, 5) is 26.3. The van der Waals surface area contributed by atoms with E-state index in [1.54, 1.807) is 17.8 Å². The molecule has 0 aliphatic carbocycles. The van der Waals surface area contributed by atoms with Crippen molar-refractivity contribution in [3.05, 3.63) is 46.1 Å². The van der Waals surface area contributed by atoms with E-state index in [2.05, 4.69) is 15.5 Å². The van der Waals surface area contributed by atoms with Crippen LogP contribution in [0.4, 0.5) is 5.00 Å². The van der Waals surface area contributed by atoms with Crippen LogP contribution in [-0.2, 0) is 23.0 Å². The number of esters is 1. The number of hydrogen-bond donors (Lipinski definition) is 1. The fraction of sp³-hybridized carbons (Fsp3) is 0.333. The minimum atomic E-state index is -0.455. The van der Waals surface area contributed by atoms with Gasteiger partial charge in [-0.1, -0.05) is 17.8 Å². The Kier molecular flexibility index (Phi) is 6.66. The average molecular weight is 475 g/mol. The molecule has 1 amide bonds. The fourth-order valence-corrected chi connectivity index (χ4v) is 5.02. The van der Waals surface area contributed by atoms with Crippen molar-refractivity contribution in [2.45, 2.75) is 25.4 Å². The molecule has 0 bridgehead atoms. The van der Waals surface area contributed by atoms with Crippen LogP contribution in [0.25, 0.3) is 0 Å². The van der Waals surface area contributed by atoms with Gasteiger partial charge < -0.3 is 24.1 Å². The van der Waals surface area contributed by atoms with E-state index in [9.17, 15) is 9.59 Å². The van der Waals surface area contributed by atoms with Crippen LogP contribution in [0.1, 0.15) is 33.3 Å². The number of nitrogens with zero attached hydrogens (tertiary/aromatic N) is 3. The smallest absolute Gasteiger partial charge is 0.341 e. The zero-order valence-electron chi connectivity index (χ0n) is 17.8. The van der Waals surface area contributed by atoms with Crippen molar-refractivity contribution in [1.82, 2.24) is 14.8 Å². The number of thioether (sulfide) groups is 1. The summed E-state index contributed by atoms with van der Waals surface area (Å²) in [5.41, 5.74) is 2.18. The largest absolute Gasteiger partial charge is 0.462 e. The Morgan fingerprint density at radius 2 is 2.12 bits per heavy atom. The van der Waals surface area contributed by atoms with Crippen molar-refractivity contribution >= 4 is 40.0 Å². The van der Waals surface area contributed by atoms with Crippen molar-refractivity contribution in [3.63, 3.8) is 0 Å². The number of carbonyl (C=O) groups excluding carboxylic acids is 2. The van der Waals surface area contributed by atoms with E-state index >= 15 is 0 Å². The molecule has 11 heteroatoms. The topological polar surface area (TPSA) is 105 Å². The molecule has 0 spiro atoms. The lowest BCUT2D eigenvalue weighted by Gasteiger charge is -2.09. The van der Waals surface area contributed by atoms with Crippen molar-refractivity contribution in [3.8, 4) is 11.5 Å². The van der Waals surface area contributed by atoms with E-state index in [1.165, 1.54) is 23.1 Å². The van der Waals surface area contributed by atoms with Crippen LogP contribution in [0.5, 0.6) is 11.5 Å². The number of aromatic nitrogens is 3. The number of amides is 1. The molecule has 9 nitrogen and oxygen atoms in total. The van der Waals surface area contributed by atoms with Gasteiger partial charge in [-0.15, -0.1) is 21.5 Å². The molecule has 0 unspecified atom stereocenters. The maximum Gasteiger partial charge on any atom is 0.341 e. The Labute approximate surface area is 193 Å². The summed E-state index contributed by atoms with van der Waals surface area (Å²) in [7, 11) is 1.81. The SMILES string of the molecule is CCOC(=O)c1c(NC(=O)CSc2nncn2C)sc(C)c1Cc1ccc2c(c1)OCO2. The molecule has 1 N–H and O–H groups in total. The number of anilines is 1. The molecule has 1 aliphatic heterocycles. The van der Waals surface area contributed by atoms with Crippen LogP contribution in [0.15, 0.2) is 29.7 Å². The number of fused-ring (bicyclic) bond motifs is 1. The van der Waals surface area contributed by atoms with Gasteiger partial charge in [-0.3, -0.25) is 4.79 Å². The normalized spacial score (nSPS) is 12.1. The summed E-state index contributed by atoms with van der Waals surface area (Å²) in [5.74, 6) is 0.837. The van der Waals surface area contributed by atoms with Crippen molar-refractivity contribution < 1.29 is 23.8 Å². The summed E-state index contributed by atoms with van der Waals surface area (Å²) in [6, 6.07) is 5.70. The Hall–Kier alpha value is -3.05. The van der Waals surface area contributed by atoms with Gasteiger partial charge in [0.25, 0.3) is 0 Å². The molecule has 4 rings (SSSR count). The number of thiophene rings is 1. The highest BCUT2D eigenvalue weighted by atomic mass is 32.2. The molecule has 0 saturated carbocycles. The summed E-state index contributed by atoms with van der Waals surface area (Å²) in [6.45, 7) is 4.13. The van der Waals surface area contributed by atoms with Crippen LogP contribution in [0.2, 0.25) is 0 Å². The lowest BCUT2D eigenvalue weighted by molar-refractivity contribution is -0.113. The average Bonchev–Trinajstić information content (AvgIpc) is 3.46. The van der Waals surface area contributed by atoms with Crippen LogP contribution in [0, 0.1) is 6.92 Å². The van der Waals surface area contributed by atoms with E-state index in [0.717, 1.165) is 16.0 Å². The monoisotopic (exact) mass is 474 g/mol. The maximum atomic E-state index is 12.8. The number of aryl methyl sites for hydroxylation is 2. The Morgan fingerprint density at radius 3 is 2.88 bits per heavy atom. The van der Waals surface area contributed by atoms with Gasteiger partial charge in [0.2, 0.25) is 12.7 Å². The quantitative estimate of drug-likeness (QED) is 0.391. The van der Waals surface area contributed by atoms with Crippen LogP contribution in [0.3, 0.4) is 0 Å². The number of hydrogen-bond acceptors (Lipinski definition) is 9. The summed E-state index contributed by atoms with van der Waals surface area (Å²) in [5, 5.41) is 11.8. The third-order valence-electron chi connectivity index (χ3n) is 4.76. The predicted octanol–water partition coefficient (Wildman–Crippen LogP) is 3.41. The summed E-state index contributed by atoms with van der Waals surface area (Å²) < 4.78 is 17.9. The zero-order chi connectivity index (χ0) is 22.7. The first-order valence-corrected chi connectivity index (χ1v) is 11.7. The van der Waals surface area contributed by atoms with Gasteiger partial charge in [0.15, 0.2) is 16.7 Å². The third-order valence-corrected chi connectivity index (χ3v) is 6.86. The molecular formula is C21H22N4O5S2. The van der Waals surface area contributed by atoms with Gasteiger partial charge in [0, 0.05) is 11.9 Å². The summed E-state index contributed by atoms with van der Waals surface area (Å²) >= 11 is 2.63. The molecule has 0 atom stereocenters. The van der Waals surface area contributed by atoms with E-state index in [4.69, 9.17) is 14.2 Å². The van der Waals surface area contributed by atoms with Gasteiger partial charge in [-0.05, 0) is 43.5 Å². The summed E-state index contributed by atoms with van der Waals surface area (Å²) in [6.07, 6.45) is 2.07. The second kappa shape index (κ2) is 9.61. The van der Waals surface area contributed by atoms with Gasteiger partial charge in [-0.2, -0.15) is 0 Å². The minimum absolute atomic E-state index is 0.142. The number of benzene rings is 1. The number of nitrogens with one attached hydrogen (secondary N) is 1. The van der Waals surface area contributed by atoms with Gasteiger partial charge in [0.05, 0.1) is 17.9 Å². The van der Waals surface area contributed by atoms with Gasteiger partial charge >= 0.3 is 5.97 Å². The highest BCUT2D eigenvalue weighted by Crippen LogP contribution is 2.38. The molecule has 1 aromatic carbocycles. The first-order valence-electron chi connectivity index (χ1n) is 9.90. The molecule has 0 saturated heterocycles. The first kappa shape index (κ1) is 22.2. The number of ether oxygens (including phenoxy) is 3. The van der Waals surface area contributed by atoms with Crippen molar-refractivity contribution in [2.75, 3.05) is 24.5 Å². The molecule has 168 valence electrons. The molecule has 3 aromatic rings. The lowest BCUT2D eigenvalue weighted by Crippen LogP contribution is -2.17. The Morgan fingerprint density at radius 1 is 1.31 bits per heavy atom. The Balaban J connectivity index is 1.56. The van der Waals surface area contributed by atoms with Crippen molar-refractivity contribution in [2.24, 2.45) is 7.05 Å². The second-order valence-corrected chi connectivity index (χ2v) is 9.15. The standard InChI is InChI=1S/C21H22N4O5S2/c1-4-28-20(27)18-14(7-13-5-6-15-16(8-13)30-11-29-15)12(2)32-19(18)23-17(26)9-31-21-24-22-10-25(21)3/h5-6,8,10H,4,7,9,11H2,1-3H3,(H,23,26).